The van der Waals surface area contributed by atoms with E-state index in [2.05, 4.69) is 35.5 Å². The summed E-state index contributed by atoms with van der Waals surface area (Å²) in [5.74, 6) is 0. The first kappa shape index (κ1) is 18.3. The summed E-state index contributed by atoms with van der Waals surface area (Å²) < 4.78 is 28.0. The van der Waals surface area contributed by atoms with Crippen LogP contribution in [0.25, 0.3) is 11.0 Å². The average Bonchev–Trinajstić information content (AvgIpc) is 2.55. The summed E-state index contributed by atoms with van der Waals surface area (Å²) in [4.78, 5) is 9.18. The van der Waals surface area contributed by atoms with Crippen LogP contribution in [0.1, 0.15) is 37.7 Å². The molecule has 0 aliphatic rings. The van der Waals surface area contributed by atoms with Gasteiger partial charge in [0.05, 0.1) is 33.0 Å². The number of aryl methyl sites for hydroxylation is 2. The normalized spacial score (nSPS) is 12.3. The van der Waals surface area contributed by atoms with E-state index in [0.29, 0.717) is 11.2 Å². The summed E-state index contributed by atoms with van der Waals surface area (Å²) in [6, 6.07) is 12.2. The van der Waals surface area contributed by atoms with Gasteiger partial charge in [0.15, 0.2) is 0 Å². The van der Waals surface area contributed by atoms with E-state index >= 15 is 0 Å². The van der Waals surface area contributed by atoms with Crippen LogP contribution < -0.4 is 4.72 Å². The van der Waals surface area contributed by atoms with Crippen LogP contribution in [0.5, 0.6) is 0 Å². The van der Waals surface area contributed by atoms with Crippen molar-refractivity contribution >= 4 is 26.7 Å². The Morgan fingerprint density at radius 2 is 1.42 bits per heavy atom. The molecule has 26 heavy (non-hydrogen) atoms. The zero-order chi connectivity index (χ0) is 19.1. The van der Waals surface area contributed by atoms with Gasteiger partial charge in [-0.3, -0.25) is 4.72 Å². The lowest BCUT2D eigenvalue weighted by molar-refractivity contribution is 0.587. The highest BCUT2D eigenvalue weighted by Gasteiger charge is 2.18. The number of nitrogens with zero attached hydrogens (tertiary/aromatic N) is 2. The van der Waals surface area contributed by atoms with Crippen LogP contribution in [0.4, 0.5) is 5.69 Å². The molecule has 0 saturated carbocycles. The summed E-state index contributed by atoms with van der Waals surface area (Å²) in [5, 5.41) is 0. The van der Waals surface area contributed by atoms with Gasteiger partial charge < -0.3 is 0 Å². The second kappa shape index (κ2) is 6.36. The van der Waals surface area contributed by atoms with Gasteiger partial charge in [-0.15, -0.1) is 0 Å². The SMILES string of the molecule is Cc1nc2ccc(NS(=O)(=O)c3ccc(C(C)(C)C)cc3)cc2nc1C. The van der Waals surface area contributed by atoms with E-state index < -0.39 is 10.0 Å². The molecule has 6 heteroatoms. The van der Waals surface area contributed by atoms with Gasteiger partial charge in [0.1, 0.15) is 0 Å². The Morgan fingerprint density at radius 3 is 2.00 bits per heavy atom. The Labute approximate surface area is 154 Å². The Bertz CT molecular complexity index is 1070. The van der Waals surface area contributed by atoms with Gasteiger partial charge in [0.25, 0.3) is 10.0 Å². The van der Waals surface area contributed by atoms with Gasteiger partial charge >= 0.3 is 0 Å². The van der Waals surface area contributed by atoms with Crippen LogP contribution in [0.15, 0.2) is 47.4 Å². The molecule has 5 nitrogen and oxygen atoms in total. The van der Waals surface area contributed by atoms with Crippen molar-refractivity contribution < 1.29 is 8.42 Å². The number of anilines is 1. The minimum Gasteiger partial charge on any atom is -0.280 e. The third kappa shape index (κ3) is 3.70. The van der Waals surface area contributed by atoms with Crippen LogP contribution in [0, 0.1) is 13.8 Å². The van der Waals surface area contributed by atoms with E-state index in [1.165, 1.54) is 0 Å². The minimum atomic E-state index is -3.66. The van der Waals surface area contributed by atoms with E-state index in [-0.39, 0.29) is 10.3 Å². The highest BCUT2D eigenvalue weighted by Crippen LogP contribution is 2.25. The number of nitrogens with one attached hydrogen (secondary N) is 1. The standard InChI is InChI=1S/C20H23N3O2S/c1-13-14(2)22-19-12-16(8-11-18(19)21-13)23-26(24,25)17-9-6-15(7-10-17)20(3,4)5/h6-12,23H,1-5H3. The molecular formula is C20H23N3O2S. The molecule has 0 aliphatic heterocycles. The molecule has 3 rings (SSSR count). The number of benzene rings is 2. The summed E-state index contributed by atoms with van der Waals surface area (Å²) in [5.41, 5.74) is 4.63. The van der Waals surface area contributed by atoms with Crippen LogP contribution in [0.2, 0.25) is 0 Å². The fraction of sp³-hybridized carbons (Fsp3) is 0.300. The van der Waals surface area contributed by atoms with Crippen LogP contribution in [-0.2, 0) is 15.4 Å². The van der Waals surface area contributed by atoms with Crippen molar-refractivity contribution in [3.05, 3.63) is 59.4 Å². The van der Waals surface area contributed by atoms with E-state index in [1.54, 1.807) is 30.3 Å². The number of aromatic nitrogens is 2. The first-order chi connectivity index (χ1) is 12.1. The van der Waals surface area contributed by atoms with Gasteiger partial charge in [-0.1, -0.05) is 32.9 Å². The van der Waals surface area contributed by atoms with Crippen molar-refractivity contribution in [2.75, 3.05) is 4.72 Å². The maximum absolute atomic E-state index is 12.7. The van der Waals surface area contributed by atoms with Gasteiger partial charge in [0, 0.05) is 0 Å². The number of hydrogen-bond acceptors (Lipinski definition) is 4. The van der Waals surface area contributed by atoms with E-state index in [0.717, 1.165) is 22.5 Å². The smallest absolute Gasteiger partial charge is 0.261 e. The summed E-state index contributed by atoms with van der Waals surface area (Å²) in [6.45, 7) is 10.1. The molecule has 1 heterocycles. The molecule has 2 aromatic carbocycles. The lowest BCUT2D eigenvalue weighted by atomic mass is 9.87. The fourth-order valence-electron chi connectivity index (χ4n) is 2.64. The number of rotatable bonds is 3. The maximum Gasteiger partial charge on any atom is 0.261 e. The summed E-state index contributed by atoms with van der Waals surface area (Å²) in [6.07, 6.45) is 0. The molecule has 0 bridgehead atoms. The summed E-state index contributed by atoms with van der Waals surface area (Å²) >= 11 is 0. The van der Waals surface area contributed by atoms with Crippen molar-refractivity contribution in [3.8, 4) is 0 Å². The molecule has 0 aliphatic carbocycles. The predicted molar refractivity (Wildman–Crippen MR) is 105 cm³/mol. The summed E-state index contributed by atoms with van der Waals surface area (Å²) in [7, 11) is -3.66. The lowest BCUT2D eigenvalue weighted by Gasteiger charge is -2.19. The maximum atomic E-state index is 12.7. The molecule has 1 aromatic heterocycles. The molecule has 0 spiro atoms. The molecule has 1 N–H and O–H groups in total. The molecule has 0 amide bonds. The lowest BCUT2D eigenvalue weighted by Crippen LogP contribution is -2.15. The van der Waals surface area contributed by atoms with Crippen molar-refractivity contribution in [2.45, 2.75) is 44.9 Å². The quantitative estimate of drug-likeness (QED) is 0.745. The zero-order valence-corrected chi connectivity index (χ0v) is 16.5. The highest BCUT2D eigenvalue weighted by molar-refractivity contribution is 7.92. The van der Waals surface area contributed by atoms with E-state index in [1.807, 2.05) is 26.0 Å². The number of sulfonamides is 1. The second-order valence-electron chi connectivity index (χ2n) is 7.48. The van der Waals surface area contributed by atoms with Gasteiger partial charge in [-0.2, -0.15) is 0 Å². The molecule has 3 aromatic rings. The third-order valence-electron chi connectivity index (χ3n) is 4.36. The Balaban J connectivity index is 1.92. The Hall–Kier alpha value is -2.47. The third-order valence-corrected chi connectivity index (χ3v) is 5.76. The van der Waals surface area contributed by atoms with Crippen molar-refractivity contribution in [2.24, 2.45) is 0 Å². The topological polar surface area (TPSA) is 72.0 Å². The Kier molecular flexibility index (Phi) is 4.48. The monoisotopic (exact) mass is 369 g/mol. The average molecular weight is 369 g/mol. The van der Waals surface area contributed by atoms with Gasteiger partial charge in [-0.25, -0.2) is 18.4 Å². The van der Waals surface area contributed by atoms with Crippen molar-refractivity contribution in [1.82, 2.24) is 9.97 Å². The van der Waals surface area contributed by atoms with Gasteiger partial charge in [0.2, 0.25) is 0 Å². The minimum absolute atomic E-state index is 0.0251. The largest absolute Gasteiger partial charge is 0.280 e. The zero-order valence-electron chi connectivity index (χ0n) is 15.7. The first-order valence-corrected chi connectivity index (χ1v) is 9.93. The molecule has 0 radical (unpaired) electrons. The molecule has 0 unspecified atom stereocenters. The predicted octanol–water partition coefficient (Wildman–Crippen LogP) is 4.34. The first-order valence-electron chi connectivity index (χ1n) is 8.45. The van der Waals surface area contributed by atoms with E-state index in [4.69, 9.17) is 0 Å². The molecule has 136 valence electrons. The molecule has 0 atom stereocenters. The molecule has 0 saturated heterocycles. The van der Waals surface area contributed by atoms with Crippen LogP contribution in [0.3, 0.4) is 0 Å². The van der Waals surface area contributed by atoms with Crippen LogP contribution in [-0.4, -0.2) is 18.4 Å². The van der Waals surface area contributed by atoms with Gasteiger partial charge in [-0.05, 0) is 55.2 Å². The fourth-order valence-corrected chi connectivity index (χ4v) is 3.69. The number of fused-ring (bicyclic) bond motifs is 1. The second-order valence-corrected chi connectivity index (χ2v) is 9.16. The van der Waals surface area contributed by atoms with Crippen LogP contribution >= 0.6 is 0 Å². The van der Waals surface area contributed by atoms with Crippen molar-refractivity contribution in [3.63, 3.8) is 0 Å². The molecular weight excluding hydrogens is 346 g/mol. The number of hydrogen-bond donors (Lipinski definition) is 1. The Morgan fingerprint density at radius 1 is 0.846 bits per heavy atom. The molecule has 0 fully saturated rings. The van der Waals surface area contributed by atoms with E-state index in [9.17, 15) is 8.42 Å². The van der Waals surface area contributed by atoms with Crippen molar-refractivity contribution in [1.29, 1.82) is 0 Å². The highest BCUT2D eigenvalue weighted by atomic mass is 32.2.